The maximum atomic E-state index is 10.9. The molecule has 0 aliphatic carbocycles. The van der Waals surface area contributed by atoms with Gasteiger partial charge in [-0.3, -0.25) is 14.9 Å². The molecule has 1 rings (SSSR count). The van der Waals surface area contributed by atoms with E-state index in [9.17, 15) is 14.9 Å². The number of thioether (sulfide) groups is 1. The van der Waals surface area contributed by atoms with Crippen molar-refractivity contribution in [2.45, 2.75) is 13.3 Å². The van der Waals surface area contributed by atoms with Gasteiger partial charge in [-0.05, 0) is 18.6 Å². The summed E-state index contributed by atoms with van der Waals surface area (Å²) in [4.78, 5) is 21.1. The average molecular weight is 330 g/mol. The van der Waals surface area contributed by atoms with E-state index in [1.807, 2.05) is 6.08 Å². The van der Waals surface area contributed by atoms with Gasteiger partial charge in [0.2, 0.25) is 0 Å². The fourth-order valence-electron chi connectivity index (χ4n) is 1.30. The summed E-state index contributed by atoms with van der Waals surface area (Å²) in [6.45, 7) is 1.52. The highest BCUT2D eigenvalue weighted by Crippen LogP contribution is 2.24. The summed E-state index contributed by atoms with van der Waals surface area (Å²) in [6, 6.07) is 4.93. The summed E-state index contributed by atoms with van der Waals surface area (Å²) in [5.74, 6) is 0.691. The molecular formula is C12H12BrNO3S. The fraction of sp³-hybridized carbons (Fsp3) is 0.250. The van der Waals surface area contributed by atoms with Crippen molar-refractivity contribution in [3.8, 4) is 0 Å². The monoisotopic (exact) mass is 329 g/mol. The maximum absolute atomic E-state index is 10.9. The Bertz CT molecular complexity index is 488. The van der Waals surface area contributed by atoms with E-state index < -0.39 is 4.92 Å². The van der Waals surface area contributed by atoms with Gasteiger partial charge in [-0.1, -0.05) is 39.8 Å². The van der Waals surface area contributed by atoms with E-state index in [4.69, 9.17) is 0 Å². The molecule has 0 heterocycles. The molecule has 0 aromatic heterocycles. The van der Waals surface area contributed by atoms with Crippen LogP contribution in [0.25, 0.3) is 6.08 Å². The number of nitro groups is 1. The first-order valence-electron chi connectivity index (χ1n) is 5.24. The van der Waals surface area contributed by atoms with E-state index in [-0.39, 0.29) is 10.8 Å². The Kier molecular flexibility index (Phi) is 6.07. The Labute approximate surface area is 118 Å². The lowest BCUT2D eigenvalue weighted by atomic mass is 10.1. The summed E-state index contributed by atoms with van der Waals surface area (Å²) >= 11 is 4.45. The van der Waals surface area contributed by atoms with Crippen LogP contribution in [0.5, 0.6) is 0 Å². The van der Waals surface area contributed by atoms with Gasteiger partial charge in [0.15, 0.2) is 5.12 Å². The molecule has 0 saturated carbocycles. The molecule has 0 fully saturated rings. The molecule has 4 nitrogen and oxygen atoms in total. The fourth-order valence-corrected chi connectivity index (χ4v) is 2.19. The maximum Gasteiger partial charge on any atom is 0.277 e. The highest BCUT2D eigenvalue weighted by atomic mass is 79.9. The lowest BCUT2D eigenvalue weighted by Gasteiger charge is -1.98. The minimum absolute atomic E-state index is 0.0693. The molecule has 0 aliphatic heterocycles. The summed E-state index contributed by atoms with van der Waals surface area (Å²) in [7, 11) is 0. The van der Waals surface area contributed by atoms with Gasteiger partial charge in [-0.15, -0.1) is 0 Å². The van der Waals surface area contributed by atoms with Gasteiger partial charge < -0.3 is 0 Å². The molecule has 0 spiro atoms. The molecule has 1 aromatic rings. The molecule has 96 valence electrons. The van der Waals surface area contributed by atoms with Crippen molar-refractivity contribution < 1.29 is 9.72 Å². The van der Waals surface area contributed by atoms with E-state index in [1.54, 1.807) is 18.2 Å². The Morgan fingerprint density at radius 1 is 1.56 bits per heavy atom. The van der Waals surface area contributed by atoms with Crippen LogP contribution >= 0.6 is 27.7 Å². The van der Waals surface area contributed by atoms with E-state index in [2.05, 4.69) is 15.9 Å². The predicted molar refractivity (Wildman–Crippen MR) is 77.6 cm³/mol. The van der Waals surface area contributed by atoms with Crippen LogP contribution in [0, 0.1) is 10.1 Å². The minimum atomic E-state index is -0.408. The number of carbonyl (C=O) groups is 1. The second kappa shape index (κ2) is 7.33. The van der Waals surface area contributed by atoms with Gasteiger partial charge in [-0.25, -0.2) is 0 Å². The molecule has 0 radical (unpaired) electrons. The van der Waals surface area contributed by atoms with Crippen LogP contribution < -0.4 is 0 Å². The van der Waals surface area contributed by atoms with Crippen LogP contribution in [0.4, 0.5) is 5.69 Å². The molecular weight excluding hydrogens is 318 g/mol. The first-order chi connectivity index (χ1) is 8.50. The SMILES string of the molecule is CC(=O)SCCC=Cc1ccc(Br)cc1[N+](=O)[O-]. The molecule has 0 bridgehead atoms. The van der Waals surface area contributed by atoms with Crippen molar-refractivity contribution in [3.63, 3.8) is 0 Å². The number of hydrogen-bond donors (Lipinski definition) is 0. The number of carbonyl (C=O) groups excluding carboxylic acids is 1. The first kappa shape index (κ1) is 14.9. The highest BCUT2D eigenvalue weighted by molar-refractivity contribution is 9.10. The standard InChI is InChI=1S/C12H12BrNO3S/c1-9(15)18-7-3-2-4-10-5-6-11(13)8-12(10)14(16)17/h2,4-6,8H,3,7H2,1H3. The topological polar surface area (TPSA) is 60.2 Å². The second-order valence-electron chi connectivity index (χ2n) is 3.49. The van der Waals surface area contributed by atoms with Crippen LogP contribution in [0.3, 0.4) is 0 Å². The van der Waals surface area contributed by atoms with Gasteiger partial charge >= 0.3 is 0 Å². The summed E-state index contributed by atoms with van der Waals surface area (Å²) in [5, 5.41) is 10.9. The number of halogens is 1. The van der Waals surface area contributed by atoms with Crippen LogP contribution in [-0.4, -0.2) is 15.8 Å². The average Bonchev–Trinajstić information content (AvgIpc) is 2.29. The predicted octanol–water partition coefficient (Wildman–Crippen LogP) is 4.04. The Morgan fingerprint density at radius 3 is 2.89 bits per heavy atom. The third kappa shape index (κ3) is 5.01. The zero-order valence-corrected chi connectivity index (χ0v) is 12.2. The van der Waals surface area contributed by atoms with Crippen molar-refractivity contribution in [3.05, 3.63) is 44.4 Å². The molecule has 0 unspecified atom stereocenters. The molecule has 0 amide bonds. The molecule has 0 atom stereocenters. The van der Waals surface area contributed by atoms with Crippen molar-refractivity contribution in [1.29, 1.82) is 0 Å². The van der Waals surface area contributed by atoms with Crippen molar-refractivity contribution in [2.75, 3.05) is 5.75 Å². The lowest BCUT2D eigenvalue weighted by Crippen LogP contribution is -1.91. The molecule has 0 N–H and O–H groups in total. The molecule has 1 aromatic carbocycles. The van der Waals surface area contributed by atoms with Gasteiger partial charge in [0, 0.05) is 23.2 Å². The Morgan fingerprint density at radius 2 is 2.28 bits per heavy atom. The van der Waals surface area contributed by atoms with Gasteiger partial charge in [0.05, 0.1) is 10.5 Å². The van der Waals surface area contributed by atoms with Crippen LogP contribution in [0.1, 0.15) is 18.9 Å². The Balaban J connectivity index is 2.69. The van der Waals surface area contributed by atoms with E-state index in [1.165, 1.54) is 24.8 Å². The number of benzene rings is 1. The van der Waals surface area contributed by atoms with Crippen LogP contribution in [-0.2, 0) is 4.79 Å². The highest BCUT2D eigenvalue weighted by Gasteiger charge is 2.11. The van der Waals surface area contributed by atoms with Crippen molar-refractivity contribution in [2.24, 2.45) is 0 Å². The van der Waals surface area contributed by atoms with Gasteiger partial charge in [-0.2, -0.15) is 0 Å². The van der Waals surface area contributed by atoms with E-state index in [0.717, 1.165) is 0 Å². The molecule has 6 heteroatoms. The van der Waals surface area contributed by atoms with Crippen molar-refractivity contribution >= 4 is 44.6 Å². The van der Waals surface area contributed by atoms with Crippen molar-refractivity contribution in [1.82, 2.24) is 0 Å². The number of nitrogens with zero attached hydrogens (tertiary/aromatic N) is 1. The van der Waals surface area contributed by atoms with E-state index in [0.29, 0.717) is 22.2 Å². The normalized spacial score (nSPS) is 10.8. The van der Waals surface area contributed by atoms with E-state index >= 15 is 0 Å². The second-order valence-corrected chi connectivity index (χ2v) is 5.68. The lowest BCUT2D eigenvalue weighted by molar-refractivity contribution is -0.385. The quantitative estimate of drug-likeness (QED) is 0.464. The third-order valence-corrected chi connectivity index (χ3v) is 3.42. The molecule has 18 heavy (non-hydrogen) atoms. The van der Waals surface area contributed by atoms with Gasteiger partial charge in [0.25, 0.3) is 5.69 Å². The smallest absolute Gasteiger partial charge is 0.277 e. The number of nitro benzene ring substituents is 1. The third-order valence-electron chi connectivity index (χ3n) is 2.08. The zero-order chi connectivity index (χ0) is 13.5. The summed E-state index contributed by atoms with van der Waals surface area (Å²) < 4.78 is 0.679. The minimum Gasteiger partial charge on any atom is -0.288 e. The van der Waals surface area contributed by atoms with Crippen LogP contribution in [0.15, 0.2) is 28.7 Å². The summed E-state index contributed by atoms with van der Waals surface area (Å²) in [5.41, 5.74) is 0.635. The number of rotatable bonds is 5. The zero-order valence-electron chi connectivity index (χ0n) is 9.76. The Hall–Kier alpha value is -1.14. The summed E-state index contributed by atoms with van der Waals surface area (Å²) in [6.07, 6.45) is 4.26. The van der Waals surface area contributed by atoms with Gasteiger partial charge in [0.1, 0.15) is 0 Å². The first-order valence-corrected chi connectivity index (χ1v) is 7.02. The number of hydrogen-bond acceptors (Lipinski definition) is 4. The largest absolute Gasteiger partial charge is 0.288 e. The number of allylic oxidation sites excluding steroid dienone is 1. The van der Waals surface area contributed by atoms with Crippen LogP contribution in [0.2, 0.25) is 0 Å². The molecule has 0 saturated heterocycles. The molecule has 0 aliphatic rings.